The lowest BCUT2D eigenvalue weighted by molar-refractivity contribution is -0.139. The van der Waals surface area contributed by atoms with Crippen LogP contribution in [0.25, 0.3) is 0 Å². The molecule has 2 atom stereocenters. The predicted molar refractivity (Wildman–Crippen MR) is 68.3 cm³/mol. The van der Waals surface area contributed by atoms with Gasteiger partial charge in [0.2, 0.25) is 5.91 Å². The fourth-order valence-electron chi connectivity index (χ4n) is 1.96. The minimum absolute atomic E-state index is 0.141. The third-order valence-corrected chi connectivity index (χ3v) is 3.35. The van der Waals surface area contributed by atoms with Crippen LogP contribution >= 0.6 is 0 Å². The van der Waals surface area contributed by atoms with Crippen molar-refractivity contribution in [1.29, 1.82) is 0 Å². The predicted octanol–water partition coefficient (Wildman–Crippen LogP) is -0.0774. The molecule has 19 heavy (non-hydrogen) atoms. The summed E-state index contributed by atoms with van der Waals surface area (Å²) in [6.07, 6.45) is 2.05. The van der Waals surface area contributed by atoms with Crippen LogP contribution in [0.5, 0.6) is 0 Å². The van der Waals surface area contributed by atoms with Crippen molar-refractivity contribution in [2.75, 3.05) is 13.1 Å². The Morgan fingerprint density at radius 1 is 1.58 bits per heavy atom. The van der Waals surface area contributed by atoms with Crippen molar-refractivity contribution in [1.82, 2.24) is 10.2 Å². The number of rotatable bonds is 5. The topological polar surface area (TPSA) is 113 Å². The van der Waals surface area contributed by atoms with Crippen molar-refractivity contribution in [3.8, 4) is 0 Å². The molecule has 0 radical (unpaired) electrons. The van der Waals surface area contributed by atoms with E-state index in [1.807, 2.05) is 0 Å². The van der Waals surface area contributed by atoms with Crippen LogP contribution < -0.4 is 11.1 Å². The smallest absolute Gasteiger partial charge is 0.326 e. The van der Waals surface area contributed by atoms with Crippen LogP contribution in [0.1, 0.15) is 19.8 Å². The summed E-state index contributed by atoms with van der Waals surface area (Å²) in [5.74, 6) is -1.58. The highest BCUT2D eigenvalue weighted by Gasteiger charge is 2.41. The Bertz CT molecular complexity index is 410. The van der Waals surface area contributed by atoms with Gasteiger partial charge < -0.3 is 21.1 Å². The normalized spacial score (nSPS) is 23.7. The molecule has 2 unspecified atom stereocenters. The van der Waals surface area contributed by atoms with E-state index >= 15 is 0 Å². The van der Waals surface area contributed by atoms with Crippen molar-refractivity contribution in [2.24, 2.45) is 11.1 Å². The Labute approximate surface area is 111 Å². The second kappa shape index (κ2) is 5.73. The molecule has 1 heterocycles. The maximum absolute atomic E-state index is 11.9. The monoisotopic (exact) mass is 269 g/mol. The van der Waals surface area contributed by atoms with Crippen LogP contribution in [0, 0.1) is 5.41 Å². The van der Waals surface area contributed by atoms with Crippen LogP contribution in [-0.2, 0) is 9.59 Å². The summed E-state index contributed by atoms with van der Waals surface area (Å²) in [5.41, 5.74) is 4.55. The van der Waals surface area contributed by atoms with E-state index in [2.05, 4.69) is 11.9 Å². The van der Waals surface area contributed by atoms with E-state index in [4.69, 9.17) is 10.8 Å². The van der Waals surface area contributed by atoms with Gasteiger partial charge >= 0.3 is 12.0 Å². The molecule has 0 spiro atoms. The number of aliphatic carboxylic acids is 1. The van der Waals surface area contributed by atoms with Crippen molar-refractivity contribution in [2.45, 2.75) is 25.8 Å². The molecule has 4 N–H and O–H groups in total. The van der Waals surface area contributed by atoms with E-state index in [0.29, 0.717) is 13.0 Å². The third-order valence-electron chi connectivity index (χ3n) is 3.35. The Kier molecular flexibility index (Phi) is 4.52. The number of carboxylic acids is 1. The lowest BCUT2D eigenvalue weighted by atomic mass is 9.89. The lowest BCUT2D eigenvalue weighted by Crippen LogP contribution is -2.48. The van der Waals surface area contributed by atoms with Gasteiger partial charge in [-0.3, -0.25) is 4.79 Å². The van der Waals surface area contributed by atoms with Crippen molar-refractivity contribution < 1.29 is 19.5 Å². The SMILES string of the molecule is C=CCC(NC(=O)N1CCC(C)(C(N)=O)C1)C(=O)O. The molecule has 0 bridgehead atoms. The fraction of sp³-hybridized carbons (Fsp3) is 0.583. The van der Waals surface area contributed by atoms with Gasteiger partial charge in [-0.15, -0.1) is 6.58 Å². The number of nitrogens with two attached hydrogens (primary N) is 1. The van der Waals surface area contributed by atoms with Crippen LogP contribution in [0.3, 0.4) is 0 Å². The summed E-state index contributed by atoms with van der Waals surface area (Å²) >= 11 is 0. The van der Waals surface area contributed by atoms with Gasteiger partial charge in [-0.05, 0) is 19.8 Å². The van der Waals surface area contributed by atoms with Crippen molar-refractivity contribution in [3.05, 3.63) is 12.7 Å². The van der Waals surface area contributed by atoms with Crippen LogP contribution in [0.4, 0.5) is 4.79 Å². The standard InChI is InChI=1S/C12H19N3O4/c1-3-4-8(9(16)17)14-11(19)15-6-5-12(2,7-15)10(13)18/h3,8H,1,4-7H2,2H3,(H2,13,18)(H,14,19)(H,16,17). The molecule has 1 rings (SSSR count). The second-order valence-corrected chi connectivity index (χ2v) is 4.96. The maximum Gasteiger partial charge on any atom is 0.326 e. The highest BCUT2D eigenvalue weighted by molar-refractivity contribution is 5.85. The summed E-state index contributed by atoms with van der Waals surface area (Å²) < 4.78 is 0. The number of carbonyl (C=O) groups is 3. The van der Waals surface area contributed by atoms with E-state index in [-0.39, 0.29) is 13.0 Å². The van der Waals surface area contributed by atoms with E-state index in [9.17, 15) is 14.4 Å². The molecule has 0 aromatic carbocycles. The minimum atomic E-state index is -1.12. The molecule has 0 aromatic rings. The first-order valence-electron chi connectivity index (χ1n) is 5.99. The fourth-order valence-corrected chi connectivity index (χ4v) is 1.96. The Morgan fingerprint density at radius 2 is 2.21 bits per heavy atom. The van der Waals surface area contributed by atoms with Crippen molar-refractivity contribution in [3.63, 3.8) is 0 Å². The van der Waals surface area contributed by atoms with Gasteiger partial charge in [0.1, 0.15) is 6.04 Å². The van der Waals surface area contributed by atoms with Gasteiger partial charge in [-0.25, -0.2) is 9.59 Å². The van der Waals surface area contributed by atoms with E-state index in [1.165, 1.54) is 11.0 Å². The molecular weight excluding hydrogens is 250 g/mol. The van der Waals surface area contributed by atoms with Gasteiger partial charge in [-0.2, -0.15) is 0 Å². The van der Waals surface area contributed by atoms with Crippen molar-refractivity contribution >= 4 is 17.9 Å². The molecular formula is C12H19N3O4. The molecule has 106 valence electrons. The molecule has 1 saturated heterocycles. The highest BCUT2D eigenvalue weighted by Crippen LogP contribution is 2.29. The second-order valence-electron chi connectivity index (χ2n) is 4.96. The first kappa shape index (κ1) is 15.0. The molecule has 1 fully saturated rings. The molecule has 1 aliphatic heterocycles. The Balaban J connectivity index is 2.62. The molecule has 0 aromatic heterocycles. The Hall–Kier alpha value is -2.05. The zero-order valence-corrected chi connectivity index (χ0v) is 10.9. The number of nitrogens with one attached hydrogen (secondary N) is 1. The minimum Gasteiger partial charge on any atom is -0.480 e. The zero-order valence-electron chi connectivity index (χ0n) is 10.9. The van der Waals surface area contributed by atoms with Crippen LogP contribution in [-0.4, -0.2) is 47.0 Å². The van der Waals surface area contributed by atoms with Crippen LogP contribution in [0.2, 0.25) is 0 Å². The largest absolute Gasteiger partial charge is 0.480 e. The average Bonchev–Trinajstić information content (AvgIpc) is 2.72. The number of hydrogen-bond acceptors (Lipinski definition) is 3. The van der Waals surface area contributed by atoms with E-state index in [0.717, 1.165) is 0 Å². The number of carboxylic acid groups (broad SMARTS) is 1. The van der Waals surface area contributed by atoms with Gasteiger partial charge in [0.25, 0.3) is 0 Å². The summed E-state index contributed by atoms with van der Waals surface area (Å²) in [4.78, 5) is 35.5. The van der Waals surface area contributed by atoms with Gasteiger partial charge in [0.15, 0.2) is 0 Å². The summed E-state index contributed by atoms with van der Waals surface area (Å²) in [5, 5.41) is 11.3. The number of carbonyl (C=O) groups excluding carboxylic acids is 2. The number of primary amides is 1. The zero-order chi connectivity index (χ0) is 14.6. The third kappa shape index (κ3) is 3.46. The number of amides is 3. The van der Waals surface area contributed by atoms with Gasteiger partial charge in [-0.1, -0.05) is 6.08 Å². The summed E-state index contributed by atoms with van der Waals surface area (Å²) in [6, 6.07) is -1.51. The number of nitrogens with zero attached hydrogens (tertiary/aromatic N) is 1. The molecule has 3 amide bonds. The summed E-state index contributed by atoms with van der Waals surface area (Å²) in [7, 11) is 0. The quantitative estimate of drug-likeness (QED) is 0.606. The number of likely N-dealkylation sites (tertiary alicyclic amines) is 1. The molecule has 0 aliphatic carbocycles. The maximum atomic E-state index is 11.9. The molecule has 7 heteroatoms. The molecule has 7 nitrogen and oxygen atoms in total. The van der Waals surface area contributed by atoms with E-state index in [1.54, 1.807) is 6.92 Å². The van der Waals surface area contributed by atoms with Gasteiger partial charge in [0.05, 0.1) is 5.41 Å². The number of hydrogen-bond donors (Lipinski definition) is 3. The average molecular weight is 269 g/mol. The van der Waals surface area contributed by atoms with Gasteiger partial charge in [0, 0.05) is 13.1 Å². The van der Waals surface area contributed by atoms with E-state index < -0.39 is 29.4 Å². The number of urea groups is 1. The molecule has 1 aliphatic rings. The highest BCUT2D eigenvalue weighted by atomic mass is 16.4. The molecule has 0 saturated carbocycles. The first-order valence-corrected chi connectivity index (χ1v) is 5.99. The lowest BCUT2D eigenvalue weighted by Gasteiger charge is -2.23. The Morgan fingerprint density at radius 3 is 2.63 bits per heavy atom. The summed E-state index contributed by atoms with van der Waals surface area (Å²) in [6.45, 7) is 5.72. The van der Waals surface area contributed by atoms with Crippen LogP contribution in [0.15, 0.2) is 12.7 Å². The first-order chi connectivity index (χ1) is 8.80.